The molecule has 2 aliphatic rings. The summed E-state index contributed by atoms with van der Waals surface area (Å²) in [6.45, 7) is 4.93. The largest absolute Gasteiger partial charge is 0.494 e. The lowest BCUT2D eigenvalue weighted by molar-refractivity contribution is -0.136. The summed E-state index contributed by atoms with van der Waals surface area (Å²) in [5.74, 6) is 1.29. The molecule has 1 N–H and O–H groups in total. The number of hydrogen-bond acceptors (Lipinski definition) is 3. The summed E-state index contributed by atoms with van der Waals surface area (Å²) in [6.07, 6.45) is 4.34. The topological polar surface area (TPSA) is 61.9 Å². The number of carbonyl (C=O) groups is 2. The van der Waals surface area contributed by atoms with Crippen LogP contribution in [0.3, 0.4) is 0 Å². The highest BCUT2D eigenvalue weighted by Gasteiger charge is 2.31. The molecule has 2 aromatic carbocycles. The average Bonchev–Trinajstić information content (AvgIpc) is 3.38. The molecule has 0 radical (unpaired) electrons. The Hall–Kier alpha value is -3.02. The Labute approximate surface area is 190 Å². The highest BCUT2D eigenvalue weighted by Crippen LogP contribution is 2.27. The van der Waals surface area contributed by atoms with Crippen LogP contribution in [0.15, 0.2) is 54.6 Å². The van der Waals surface area contributed by atoms with E-state index in [9.17, 15) is 9.59 Å². The van der Waals surface area contributed by atoms with Gasteiger partial charge >= 0.3 is 6.03 Å². The summed E-state index contributed by atoms with van der Waals surface area (Å²) in [4.78, 5) is 29.6. The fourth-order valence-corrected chi connectivity index (χ4v) is 4.70. The predicted molar refractivity (Wildman–Crippen MR) is 125 cm³/mol. The Morgan fingerprint density at radius 2 is 1.50 bits per heavy atom. The standard InChI is InChI=1S/C26H33N3O3/c1-2-32-23-14-12-21(13-15-23)24(20-8-4-3-5-9-20)27-26(31)29-18-16-28(17-19-29)25(30)22-10-6-7-11-22/h3-5,8-9,12-15,22,24H,2,6-7,10-11,16-19H2,1H3,(H,27,31). The molecule has 32 heavy (non-hydrogen) atoms. The molecule has 1 saturated carbocycles. The van der Waals surface area contributed by atoms with Crippen LogP contribution in [-0.2, 0) is 4.79 Å². The fourth-order valence-electron chi connectivity index (χ4n) is 4.70. The van der Waals surface area contributed by atoms with Gasteiger partial charge in [0.1, 0.15) is 5.75 Å². The van der Waals surface area contributed by atoms with Gasteiger partial charge in [0.2, 0.25) is 5.91 Å². The number of urea groups is 1. The van der Waals surface area contributed by atoms with E-state index in [0.717, 1.165) is 42.6 Å². The Balaban J connectivity index is 1.41. The van der Waals surface area contributed by atoms with Crippen LogP contribution in [0.25, 0.3) is 0 Å². The molecule has 2 aromatic rings. The zero-order chi connectivity index (χ0) is 22.3. The van der Waals surface area contributed by atoms with Crippen molar-refractivity contribution in [2.24, 2.45) is 5.92 Å². The lowest BCUT2D eigenvalue weighted by atomic mass is 9.98. The Kier molecular flexibility index (Phi) is 7.30. The van der Waals surface area contributed by atoms with Gasteiger partial charge in [-0.3, -0.25) is 4.79 Å². The SMILES string of the molecule is CCOc1ccc(C(NC(=O)N2CCN(C(=O)C3CCCC3)CC2)c2ccccc2)cc1. The number of amides is 3. The van der Waals surface area contributed by atoms with Crippen LogP contribution in [0.4, 0.5) is 4.79 Å². The van der Waals surface area contributed by atoms with Crippen molar-refractivity contribution in [3.8, 4) is 5.75 Å². The highest BCUT2D eigenvalue weighted by molar-refractivity contribution is 5.80. The van der Waals surface area contributed by atoms with Crippen LogP contribution in [0.2, 0.25) is 0 Å². The molecule has 0 spiro atoms. The first-order valence-electron chi connectivity index (χ1n) is 11.8. The summed E-state index contributed by atoms with van der Waals surface area (Å²) in [7, 11) is 0. The summed E-state index contributed by atoms with van der Waals surface area (Å²) >= 11 is 0. The average molecular weight is 436 g/mol. The maximum atomic E-state index is 13.1. The van der Waals surface area contributed by atoms with Gasteiger partial charge in [0.15, 0.2) is 0 Å². The quantitative estimate of drug-likeness (QED) is 0.739. The normalized spacial score (nSPS) is 17.8. The molecule has 6 heteroatoms. The summed E-state index contributed by atoms with van der Waals surface area (Å²) < 4.78 is 5.56. The molecule has 2 fully saturated rings. The minimum atomic E-state index is -0.252. The molecule has 6 nitrogen and oxygen atoms in total. The van der Waals surface area contributed by atoms with Crippen molar-refractivity contribution in [1.29, 1.82) is 0 Å². The number of piperazine rings is 1. The zero-order valence-electron chi connectivity index (χ0n) is 18.8. The van der Waals surface area contributed by atoms with E-state index < -0.39 is 0 Å². The first-order valence-corrected chi connectivity index (χ1v) is 11.8. The molecule has 1 aliphatic carbocycles. The van der Waals surface area contributed by atoms with Crippen molar-refractivity contribution in [2.75, 3.05) is 32.8 Å². The van der Waals surface area contributed by atoms with Crippen LogP contribution in [-0.4, -0.2) is 54.5 Å². The number of nitrogens with zero attached hydrogens (tertiary/aromatic N) is 2. The van der Waals surface area contributed by atoms with Gasteiger partial charge in [-0.05, 0) is 43.0 Å². The van der Waals surface area contributed by atoms with Gasteiger partial charge in [-0.2, -0.15) is 0 Å². The molecule has 1 aliphatic heterocycles. The molecule has 0 bridgehead atoms. The number of hydrogen-bond donors (Lipinski definition) is 1. The molecular weight excluding hydrogens is 402 g/mol. The zero-order valence-corrected chi connectivity index (χ0v) is 18.8. The summed E-state index contributed by atoms with van der Waals surface area (Å²) in [5, 5.41) is 3.21. The molecular formula is C26H33N3O3. The van der Waals surface area contributed by atoms with Crippen LogP contribution in [0, 0.1) is 5.92 Å². The molecule has 3 amide bonds. The Morgan fingerprint density at radius 3 is 2.12 bits per heavy atom. The van der Waals surface area contributed by atoms with Gasteiger partial charge < -0.3 is 19.9 Å². The molecule has 1 heterocycles. The number of rotatable bonds is 6. The molecule has 1 saturated heterocycles. The number of nitrogens with one attached hydrogen (secondary N) is 1. The minimum absolute atomic E-state index is 0.0966. The Bertz CT molecular complexity index is 886. The maximum absolute atomic E-state index is 13.1. The smallest absolute Gasteiger partial charge is 0.318 e. The first-order chi connectivity index (χ1) is 15.7. The van der Waals surface area contributed by atoms with Crippen LogP contribution in [0.5, 0.6) is 5.75 Å². The molecule has 4 rings (SSSR count). The van der Waals surface area contributed by atoms with Gasteiger partial charge in [0.05, 0.1) is 12.6 Å². The lowest BCUT2D eigenvalue weighted by Crippen LogP contribution is -2.54. The van der Waals surface area contributed by atoms with Gasteiger partial charge in [-0.1, -0.05) is 55.3 Å². The van der Waals surface area contributed by atoms with Crippen molar-refractivity contribution in [1.82, 2.24) is 15.1 Å². The number of benzene rings is 2. The number of carbonyl (C=O) groups excluding carboxylic acids is 2. The second kappa shape index (κ2) is 10.5. The molecule has 1 atom stereocenters. The van der Waals surface area contributed by atoms with Gasteiger partial charge in [-0.25, -0.2) is 4.79 Å². The van der Waals surface area contributed by atoms with Gasteiger partial charge in [0, 0.05) is 32.1 Å². The highest BCUT2D eigenvalue weighted by atomic mass is 16.5. The van der Waals surface area contributed by atoms with Crippen molar-refractivity contribution in [2.45, 2.75) is 38.6 Å². The second-order valence-corrected chi connectivity index (χ2v) is 8.59. The third kappa shape index (κ3) is 5.23. The van der Waals surface area contributed by atoms with E-state index >= 15 is 0 Å². The van der Waals surface area contributed by atoms with E-state index in [0.29, 0.717) is 32.8 Å². The van der Waals surface area contributed by atoms with Crippen molar-refractivity contribution in [3.05, 3.63) is 65.7 Å². The summed E-state index contributed by atoms with van der Waals surface area (Å²) in [6, 6.07) is 17.5. The Morgan fingerprint density at radius 1 is 0.906 bits per heavy atom. The first kappa shape index (κ1) is 22.2. The van der Waals surface area contributed by atoms with Crippen LogP contribution < -0.4 is 10.1 Å². The van der Waals surface area contributed by atoms with E-state index in [1.165, 1.54) is 0 Å². The number of ether oxygens (including phenoxy) is 1. The van der Waals surface area contributed by atoms with Crippen molar-refractivity contribution in [3.63, 3.8) is 0 Å². The monoisotopic (exact) mass is 435 g/mol. The maximum Gasteiger partial charge on any atom is 0.318 e. The molecule has 0 aromatic heterocycles. The van der Waals surface area contributed by atoms with E-state index in [-0.39, 0.29) is 23.9 Å². The lowest BCUT2D eigenvalue weighted by Gasteiger charge is -2.36. The van der Waals surface area contributed by atoms with Crippen LogP contribution >= 0.6 is 0 Å². The third-order valence-corrected chi connectivity index (χ3v) is 6.51. The fraction of sp³-hybridized carbons (Fsp3) is 0.462. The van der Waals surface area contributed by atoms with Gasteiger partial charge in [0.25, 0.3) is 0 Å². The third-order valence-electron chi connectivity index (χ3n) is 6.51. The van der Waals surface area contributed by atoms with Crippen LogP contribution in [0.1, 0.15) is 49.8 Å². The molecule has 1 unspecified atom stereocenters. The summed E-state index contributed by atoms with van der Waals surface area (Å²) in [5.41, 5.74) is 2.03. The van der Waals surface area contributed by atoms with Crippen molar-refractivity contribution >= 4 is 11.9 Å². The predicted octanol–water partition coefficient (Wildman–Crippen LogP) is 4.22. The van der Waals surface area contributed by atoms with Crippen molar-refractivity contribution < 1.29 is 14.3 Å². The van der Waals surface area contributed by atoms with E-state index in [1.54, 1.807) is 0 Å². The van der Waals surface area contributed by atoms with E-state index in [4.69, 9.17) is 4.74 Å². The van der Waals surface area contributed by atoms with Gasteiger partial charge in [-0.15, -0.1) is 0 Å². The van der Waals surface area contributed by atoms with E-state index in [1.807, 2.05) is 71.3 Å². The van der Waals surface area contributed by atoms with E-state index in [2.05, 4.69) is 5.32 Å². The molecule has 170 valence electrons. The second-order valence-electron chi connectivity index (χ2n) is 8.59. The minimum Gasteiger partial charge on any atom is -0.494 e.